The molecule has 26 heavy (non-hydrogen) atoms. The first kappa shape index (κ1) is 18.0. The molecule has 6 nitrogen and oxygen atoms in total. The van der Waals surface area contributed by atoms with Gasteiger partial charge in [0.25, 0.3) is 5.91 Å². The van der Waals surface area contributed by atoms with E-state index in [0.29, 0.717) is 37.1 Å². The normalized spacial score (nSPS) is 20.6. The van der Waals surface area contributed by atoms with Crippen LogP contribution in [0.2, 0.25) is 0 Å². The van der Waals surface area contributed by atoms with E-state index in [4.69, 9.17) is 0 Å². The lowest BCUT2D eigenvalue weighted by atomic mass is 9.86. The summed E-state index contributed by atoms with van der Waals surface area (Å²) in [6, 6.07) is 9.69. The quantitative estimate of drug-likeness (QED) is 0.820. The number of carbonyl (C=O) groups excluding carboxylic acids is 3. The van der Waals surface area contributed by atoms with Gasteiger partial charge in [-0.25, -0.2) is 4.99 Å². The van der Waals surface area contributed by atoms with Crippen molar-refractivity contribution < 1.29 is 14.4 Å². The molecule has 0 spiro atoms. The highest BCUT2D eigenvalue weighted by molar-refractivity contribution is 6.28. The molecule has 136 valence electrons. The standard InChI is InChI=1S/C20H23N3O3/c1-13(12-23(2)14-7-4-3-5-8-14)21-19(25)16-11-15-17(22-20(16)26)9-6-10-18(15)24/h3-5,7-8,11,13,16H,6,9-10,12H2,1-2H3,(H,21,25). The maximum absolute atomic E-state index is 12.5. The summed E-state index contributed by atoms with van der Waals surface area (Å²) in [5.41, 5.74) is 2.03. The molecule has 3 rings (SSSR count). The van der Waals surface area contributed by atoms with Gasteiger partial charge in [0, 0.05) is 37.3 Å². The van der Waals surface area contributed by atoms with Gasteiger partial charge in [-0.1, -0.05) is 24.3 Å². The van der Waals surface area contributed by atoms with Gasteiger partial charge in [-0.15, -0.1) is 0 Å². The summed E-state index contributed by atoms with van der Waals surface area (Å²) in [6.45, 7) is 2.49. The molecular formula is C20H23N3O3. The van der Waals surface area contributed by atoms with Gasteiger partial charge in [-0.2, -0.15) is 0 Å². The summed E-state index contributed by atoms with van der Waals surface area (Å²) in [6.07, 6.45) is 3.28. The molecule has 0 aromatic heterocycles. The molecular weight excluding hydrogens is 330 g/mol. The first-order valence-electron chi connectivity index (χ1n) is 8.89. The number of aliphatic imine (C=N–C) groups is 1. The predicted octanol–water partition coefficient (Wildman–Crippen LogP) is 1.90. The zero-order chi connectivity index (χ0) is 18.7. The van der Waals surface area contributed by atoms with Crippen LogP contribution in [0.5, 0.6) is 0 Å². The number of para-hydroxylation sites is 1. The van der Waals surface area contributed by atoms with Crippen LogP contribution in [0.15, 0.2) is 47.0 Å². The van der Waals surface area contributed by atoms with Crippen molar-refractivity contribution in [2.45, 2.75) is 32.2 Å². The molecule has 1 aromatic rings. The topological polar surface area (TPSA) is 78.8 Å². The summed E-state index contributed by atoms with van der Waals surface area (Å²) in [5, 5.41) is 2.86. The van der Waals surface area contributed by atoms with E-state index in [1.54, 1.807) is 0 Å². The van der Waals surface area contributed by atoms with Crippen molar-refractivity contribution in [3.63, 3.8) is 0 Å². The number of allylic oxidation sites excluding steroid dienone is 1. The molecule has 1 aliphatic heterocycles. The zero-order valence-electron chi connectivity index (χ0n) is 15.1. The molecule has 2 unspecified atom stereocenters. The summed E-state index contributed by atoms with van der Waals surface area (Å²) in [7, 11) is 1.95. The van der Waals surface area contributed by atoms with Crippen molar-refractivity contribution in [2.24, 2.45) is 10.9 Å². The summed E-state index contributed by atoms with van der Waals surface area (Å²) >= 11 is 0. The smallest absolute Gasteiger partial charge is 0.262 e. The first-order valence-corrected chi connectivity index (χ1v) is 8.89. The molecule has 0 bridgehead atoms. The third-order valence-electron chi connectivity index (χ3n) is 4.69. The van der Waals surface area contributed by atoms with Crippen LogP contribution in [0.25, 0.3) is 0 Å². The molecule has 0 saturated heterocycles. The molecule has 2 atom stereocenters. The average Bonchev–Trinajstić information content (AvgIpc) is 2.62. The lowest BCUT2D eigenvalue weighted by Gasteiger charge is -2.26. The number of dihydropyridines is 1. The van der Waals surface area contributed by atoms with E-state index < -0.39 is 17.7 Å². The minimum Gasteiger partial charge on any atom is -0.373 e. The Morgan fingerprint density at radius 1 is 1.27 bits per heavy atom. The number of fused-ring (bicyclic) bond motifs is 1. The Hall–Kier alpha value is -2.76. The number of nitrogens with zero attached hydrogens (tertiary/aromatic N) is 2. The minimum atomic E-state index is -1.01. The second-order valence-electron chi connectivity index (χ2n) is 6.86. The van der Waals surface area contributed by atoms with Gasteiger partial charge < -0.3 is 10.2 Å². The summed E-state index contributed by atoms with van der Waals surface area (Å²) in [4.78, 5) is 42.8. The molecule has 1 saturated carbocycles. The Balaban J connectivity index is 1.63. The van der Waals surface area contributed by atoms with Crippen LogP contribution >= 0.6 is 0 Å². The summed E-state index contributed by atoms with van der Waals surface area (Å²) in [5.74, 6) is -1.94. The summed E-state index contributed by atoms with van der Waals surface area (Å²) < 4.78 is 0. The van der Waals surface area contributed by atoms with E-state index in [1.807, 2.05) is 49.2 Å². The number of amides is 2. The van der Waals surface area contributed by atoms with Crippen molar-refractivity contribution in [2.75, 3.05) is 18.5 Å². The van der Waals surface area contributed by atoms with Crippen molar-refractivity contribution in [1.29, 1.82) is 0 Å². The predicted molar refractivity (Wildman–Crippen MR) is 100 cm³/mol. The number of ketones is 1. The fraction of sp³-hybridized carbons (Fsp3) is 0.400. The van der Waals surface area contributed by atoms with E-state index in [0.717, 1.165) is 5.69 Å². The number of anilines is 1. The van der Waals surface area contributed by atoms with Crippen LogP contribution in [0.3, 0.4) is 0 Å². The van der Waals surface area contributed by atoms with Crippen molar-refractivity contribution in [3.05, 3.63) is 42.0 Å². The Bertz CT molecular complexity index is 783. The average molecular weight is 353 g/mol. The highest BCUT2D eigenvalue weighted by Gasteiger charge is 2.34. The largest absolute Gasteiger partial charge is 0.373 e. The van der Waals surface area contributed by atoms with E-state index in [2.05, 4.69) is 10.3 Å². The van der Waals surface area contributed by atoms with Gasteiger partial charge >= 0.3 is 0 Å². The van der Waals surface area contributed by atoms with Crippen molar-refractivity contribution in [3.8, 4) is 0 Å². The SMILES string of the molecule is CC(CN(C)c1ccccc1)NC(=O)C1C=C2C(=O)CCCC2=NC1=O. The van der Waals surface area contributed by atoms with Gasteiger partial charge in [0.15, 0.2) is 5.78 Å². The number of Topliss-reactive ketones (excluding diaryl/α,β-unsaturated/α-hetero) is 1. The Morgan fingerprint density at radius 2 is 2.00 bits per heavy atom. The Morgan fingerprint density at radius 3 is 2.73 bits per heavy atom. The van der Waals surface area contributed by atoms with Crippen LogP contribution in [0.1, 0.15) is 26.2 Å². The highest BCUT2D eigenvalue weighted by Crippen LogP contribution is 2.24. The van der Waals surface area contributed by atoms with Gasteiger partial charge in [0.05, 0.1) is 5.71 Å². The molecule has 1 fully saturated rings. The van der Waals surface area contributed by atoms with Crippen LogP contribution in [0, 0.1) is 5.92 Å². The van der Waals surface area contributed by atoms with Gasteiger partial charge in [0.1, 0.15) is 5.92 Å². The molecule has 1 aromatic carbocycles. The van der Waals surface area contributed by atoms with Gasteiger partial charge in [-0.05, 0) is 31.9 Å². The zero-order valence-corrected chi connectivity index (χ0v) is 15.1. The number of nitrogens with one attached hydrogen (secondary N) is 1. The third kappa shape index (κ3) is 3.90. The fourth-order valence-electron chi connectivity index (χ4n) is 3.36. The second kappa shape index (κ2) is 7.64. The number of likely N-dealkylation sites (N-methyl/N-ethyl adjacent to an activating group) is 1. The van der Waals surface area contributed by atoms with Crippen LogP contribution in [-0.2, 0) is 14.4 Å². The van der Waals surface area contributed by atoms with Crippen LogP contribution in [0.4, 0.5) is 5.69 Å². The number of benzene rings is 1. The van der Waals surface area contributed by atoms with Crippen molar-refractivity contribution in [1.82, 2.24) is 5.32 Å². The maximum Gasteiger partial charge on any atom is 0.262 e. The molecule has 2 aliphatic rings. The van der Waals surface area contributed by atoms with E-state index >= 15 is 0 Å². The lowest BCUT2D eigenvalue weighted by molar-refractivity contribution is -0.131. The molecule has 2 amide bonds. The number of rotatable bonds is 5. The molecule has 6 heteroatoms. The van der Waals surface area contributed by atoms with Gasteiger partial charge in [-0.3, -0.25) is 14.4 Å². The molecule has 0 radical (unpaired) electrons. The molecule has 1 N–H and O–H groups in total. The lowest BCUT2D eigenvalue weighted by Crippen LogP contribution is -2.45. The maximum atomic E-state index is 12.5. The number of carbonyl (C=O) groups is 3. The first-order chi connectivity index (χ1) is 12.5. The minimum absolute atomic E-state index is 0.0304. The Labute approximate surface area is 153 Å². The number of hydrogen-bond acceptors (Lipinski definition) is 4. The van der Waals surface area contributed by atoms with Crippen molar-refractivity contribution >= 4 is 29.0 Å². The molecule has 1 heterocycles. The van der Waals surface area contributed by atoms with Crippen LogP contribution in [-0.4, -0.2) is 42.9 Å². The number of hydrogen-bond donors (Lipinski definition) is 1. The monoisotopic (exact) mass is 353 g/mol. The highest BCUT2D eigenvalue weighted by atomic mass is 16.2. The van der Waals surface area contributed by atoms with E-state index in [-0.39, 0.29) is 11.8 Å². The van der Waals surface area contributed by atoms with Crippen LogP contribution < -0.4 is 10.2 Å². The Kier molecular flexibility index (Phi) is 5.30. The van der Waals surface area contributed by atoms with E-state index in [1.165, 1.54) is 6.08 Å². The fourth-order valence-corrected chi connectivity index (χ4v) is 3.36. The molecule has 1 aliphatic carbocycles. The third-order valence-corrected chi connectivity index (χ3v) is 4.69. The second-order valence-corrected chi connectivity index (χ2v) is 6.86. The van der Waals surface area contributed by atoms with Gasteiger partial charge in [0.2, 0.25) is 5.91 Å². The van der Waals surface area contributed by atoms with E-state index in [9.17, 15) is 14.4 Å².